The number of nitrogens with one attached hydrogen (secondary N) is 1. The number of nitrogens with zero attached hydrogens (tertiary/aromatic N) is 1. The summed E-state index contributed by atoms with van der Waals surface area (Å²) in [5.41, 5.74) is 1.09. The lowest BCUT2D eigenvalue weighted by Gasteiger charge is -2.25. The molecule has 0 unspecified atom stereocenters. The van der Waals surface area contributed by atoms with Crippen molar-refractivity contribution in [3.8, 4) is 17.2 Å². The third-order valence-corrected chi connectivity index (χ3v) is 7.72. The highest BCUT2D eigenvalue weighted by molar-refractivity contribution is 7.92. The predicted molar refractivity (Wildman–Crippen MR) is 149 cm³/mol. The summed E-state index contributed by atoms with van der Waals surface area (Å²) in [4.78, 5) is 12.7. The quantitative estimate of drug-likeness (QED) is 0.279. The Bertz CT molecular complexity index is 1400. The fraction of sp³-hybridized carbons (Fsp3) is 0.321. The van der Waals surface area contributed by atoms with Crippen LogP contribution < -0.4 is 23.8 Å². The summed E-state index contributed by atoms with van der Waals surface area (Å²) in [6.07, 6.45) is 1.38. The van der Waals surface area contributed by atoms with E-state index in [1.807, 2.05) is 38.1 Å². The summed E-state index contributed by atoms with van der Waals surface area (Å²) in [5, 5.41) is 2.49. The first kappa shape index (κ1) is 30.0. The summed E-state index contributed by atoms with van der Waals surface area (Å²) in [6, 6.07) is 15.3. The van der Waals surface area contributed by atoms with Gasteiger partial charge in [0.15, 0.2) is 11.5 Å². The number of benzene rings is 3. The molecule has 3 rings (SSSR count). The number of anilines is 1. The lowest BCUT2D eigenvalue weighted by atomic mass is 10.1. The Morgan fingerprint density at radius 2 is 1.77 bits per heavy atom. The van der Waals surface area contributed by atoms with Gasteiger partial charge in [-0.3, -0.25) is 9.10 Å². The second-order valence-electron chi connectivity index (χ2n) is 8.89. The summed E-state index contributed by atoms with van der Waals surface area (Å²) < 4.78 is 58.2. The number of methoxy groups -OCH3 is 2. The van der Waals surface area contributed by atoms with Crippen LogP contribution in [0.25, 0.3) is 0 Å². The number of rotatable bonds is 13. The second-order valence-corrected chi connectivity index (χ2v) is 11.2. The van der Waals surface area contributed by atoms with Gasteiger partial charge in [-0.15, -0.1) is 0 Å². The molecule has 3 aromatic carbocycles. The van der Waals surface area contributed by atoms with E-state index in [0.29, 0.717) is 25.1 Å². The van der Waals surface area contributed by atoms with Gasteiger partial charge in [-0.05, 0) is 74.7 Å². The van der Waals surface area contributed by atoms with Crippen LogP contribution in [0.3, 0.4) is 0 Å². The first-order chi connectivity index (χ1) is 18.5. The fourth-order valence-electron chi connectivity index (χ4n) is 3.81. The molecule has 0 saturated heterocycles. The molecule has 0 heterocycles. The van der Waals surface area contributed by atoms with Crippen molar-refractivity contribution in [2.45, 2.75) is 37.7 Å². The molecule has 0 saturated carbocycles. The van der Waals surface area contributed by atoms with E-state index in [0.717, 1.165) is 27.8 Å². The Kier molecular flexibility index (Phi) is 10.4. The number of ether oxygens (including phenoxy) is 3. The third kappa shape index (κ3) is 8.00. The molecular formula is C28H32ClFN2O6S. The molecule has 0 aliphatic heterocycles. The van der Waals surface area contributed by atoms with Gasteiger partial charge < -0.3 is 19.5 Å². The minimum atomic E-state index is -4.28. The second kappa shape index (κ2) is 13.5. The van der Waals surface area contributed by atoms with Gasteiger partial charge in [-0.1, -0.05) is 23.7 Å². The minimum Gasteiger partial charge on any atom is -0.493 e. The first-order valence-electron chi connectivity index (χ1n) is 12.3. The number of carbonyl (C=O) groups excluding carboxylic acids is 1. The molecular weight excluding hydrogens is 547 g/mol. The Hall–Kier alpha value is -3.50. The molecule has 0 radical (unpaired) electrons. The zero-order chi connectivity index (χ0) is 28.6. The number of amides is 1. The van der Waals surface area contributed by atoms with Gasteiger partial charge in [0.25, 0.3) is 10.0 Å². The van der Waals surface area contributed by atoms with Gasteiger partial charge in [-0.2, -0.15) is 0 Å². The van der Waals surface area contributed by atoms with Gasteiger partial charge in [0, 0.05) is 12.6 Å². The van der Waals surface area contributed by atoms with Crippen molar-refractivity contribution in [2.24, 2.45) is 0 Å². The van der Waals surface area contributed by atoms with Crippen LogP contribution in [-0.2, 0) is 21.2 Å². The Labute approximate surface area is 233 Å². The SMILES string of the molecule is COc1ccc(S(=O)(=O)N(CC(=O)NCCCc2cccc(OC(C)C)c2)c2ccc(F)c(Cl)c2)cc1OC. The monoisotopic (exact) mass is 578 g/mol. The molecule has 0 atom stereocenters. The molecule has 39 heavy (non-hydrogen) atoms. The maximum Gasteiger partial charge on any atom is 0.264 e. The van der Waals surface area contributed by atoms with Gasteiger partial charge in [-0.25, -0.2) is 12.8 Å². The van der Waals surface area contributed by atoms with Crippen LogP contribution in [0, 0.1) is 5.82 Å². The van der Waals surface area contributed by atoms with Crippen molar-refractivity contribution in [2.75, 3.05) is 31.6 Å². The zero-order valence-electron chi connectivity index (χ0n) is 22.2. The maximum atomic E-state index is 13.8. The number of halogens is 2. The molecule has 1 amide bonds. The molecule has 11 heteroatoms. The Morgan fingerprint density at radius 3 is 2.44 bits per heavy atom. The van der Waals surface area contributed by atoms with Gasteiger partial charge in [0.1, 0.15) is 18.1 Å². The van der Waals surface area contributed by atoms with E-state index in [9.17, 15) is 17.6 Å². The largest absolute Gasteiger partial charge is 0.493 e. The molecule has 3 aromatic rings. The van der Waals surface area contributed by atoms with Crippen molar-refractivity contribution in [3.63, 3.8) is 0 Å². The molecule has 1 N–H and O–H groups in total. The standard InChI is InChI=1S/C28H32ClFN2O6S/c1-19(2)38-22-9-5-7-20(15-22)8-6-14-31-28(33)18-32(21-10-12-25(30)24(29)16-21)39(34,35)23-11-13-26(36-3)27(17-23)37-4/h5,7,9-13,15-17,19H,6,8,14,18H2,1-4H3,(H,31,33). The normalized spacial score (nSPS) is 11.3. The van der Waals surface area contributed by atoms with Gasteiger partial charge in [0.05, 0.1) is 35.9 Å². The van der Waals surface area contributed by atoms with E-state index in [1.54, 1.807) is 0 Å². The average molecular weight is 579 g/mol. The highest BCUT2D eigenvalue weighted by atomic mass is 35.5. The van der Waals surface area contributed by atoms with Crippen molar-refractivity contribution in [1.82, 2.24) is 5.32 Å². The third-order valence-electron chi connectivity index (χ3n) is 5.66. The smallest absolute Gasteiger partial charge is 0.264 e. The summed E-state index contributed by atoms with van der Waals surface area (Å²) in [7, 11) is -1.47. The minimum absolute atomic E-state index is 0.0355. The Balaban J connectivity index is 1.75. The lowest BCUT2D eigenvalue weighted by molar-refractivity contribution is -0.119. The topological polar surface area (TPSA) is 94.2 Å². The van der Waals surface area contributed by atoms with Gasteiger partial charge in [0.2, 0.25) is 5.91 Å². The van der Waals surface area contributed by atoms with Crippen molar-refractivity contribution >= 4 is 33.2 Å². The highest BCUT2D eigenvalue weighted by Crippen LogP contribution is 2.33. The van der Waals surface area contributed by atoms with E-state index in [1.165, 1.54) is 38.5 Å². The molecule has 0 fully saturated rings. The van der Waals surface area contributed by atoms with Crippen LogP contribution >= 0.6 is 11.6 Å². The average Bonchev–Trinajstić information content (AvgIpc) is 2.90. The van der Waals surface area contributed by atoms with Crippen LogP contribution in [0.2, 0.25) is 5.02 Å². The van der Waals surface area contributed by atoms with Crippen LogP contribution in [0.1, 0.15) is 25.8 Å². The molecule has 0 aliphatic carbocycles. The molecule has 0 bridgehead atoms. The number of hydrogen-bond donors (Lipinski definition) is 1. The van der Waals surface area contributed by atoms with Crippen molar-refractivity contribution in [1.29, 1.82) is 0 Å². The molecule has 0 aliphatic rings. The van der Waals surface area contributed by atoms with Crippen LogP contribution in [-0.4, -0.2) is 47.7 Å². The summed E-state index contributed by atoms with van der Waals surface area (Å²) in [5.74, 6) is 0.0722. The summed E-state index contributed by atoms with van der Waals surface area (Å²) >= 11 is 5.93. The Morgan fingerprint density at radius 1 is 1.03 bits per heavy atom. The van der Waals surface area contributed by atoms with Crippen LogP contribution in [0.4, 0.5) is 10.1 Å². The molecule has 0 spiro atoms. The van der Waals surface area contributed by atoms with Crippen molar-refractivity contribution < 1.29 is 31.8 Å². The summed E-state index contributed by atoms with van der Waals surface area (Å²) in [6.45, 7) is 3.69. The van der Waals surface area contributed by atoms with E-state index in [4.69, 9.17) is 25.8 Å². The number of carbonyl (C=O) groups is 1. The van der Waals surface area contributed by atoms with Gasteiger partial charge >= 0.3 is 0 Å². The predicted octanol–water partition coefficient (Wildman–Crippen LogP) is 5.23. The van der Waals surface area contributed by atoms with E-state index in [-0.39, 0.29) is 27.5 Å². The maximum absolute atomic E-state index is 13.8. The molecule has 210 valence electrons. The lowest BCUT2D eigenvalue weighted by Crippen LogP contribution is -2.41. The van der Waals surface area contributed by atoms with E-state index < -0.39 is 28.3 Å². The molecule has 0 aromatic heterocycles. The van der Waals surface area contributed by atoms with Crippen molar-refractivity contribution in [3.05, 3.63) is 77.1 Å². The number of sulfonamides is 1. The van der Waals surface area contributed by atoms with Crippen LogP contribution in [0.5, 0.6) is 17.2 Å². The first-order valence-corrected chi connectivity index (χ1v) is 14.1. The van der Waals surface area contributed by atoms with E-state index in [2.05, 4.69) is 5.32 Å². The molecule has 8 nitrogen and oxygen atoms in total. The fourth-order valence-corrected chi connectivity index (χ4v) is 5.42. The van der Waals surface area contributed by atoms with E-state index >= 15 is 0 Å². The zero-order valence-corrected chi connectivity index (χ0v) is 23.8. The highest BCUT2D eigenvalue weighted by Gasteiger charge is 2.29. The number of aryl methyl sites for hydroxylation is 1. The van der Waals surface area contributed by atoms with Crippen LogP contribution in [0.15, 0.2) is 65.6 Å². The number of hydrogen-bond acceptors (Lipinski definition) is 6.